The van der Waals surface area contributed by atoms with Crippen LogP contribution in [0, 0.1) is 6.92 Å². The Morgan fingerprint density at radius 3 is 2.52 bits per heavy atom. The molecule has 0 radical (unpaired) electrons. The fourth-order valence-electron chi connectivity index (χ4n) is 2.98. The van der Waals surface area contributed by atoms with E-state index in [9.17, 15) is 14.4 Å². The minimum Gasteiger partial charge on any atom is -0.450 e. The number of nitrogens with one attached hydrogen (secondary N) is 1. The first kappa shape index (κ1) is 20.3. The van der Waals surface area contributed by atoms with Crippen molar-refractivity contribution in [3.8, 4) is 0 Å². The number of fused-ring (bicyclic) bond motifs is 1. The summed E-state index contributed by atoms with van der Waals surface area (Å²) in [5, 5.41) is 3.17. The van der Waals surface area contributed by atoms with Gasteiger partial charge in [0.15, 0.2) is 12.0 Å². The molecule has 1 aromatic heterocycles. The molecule has 0 bridgehead atoms. The summed E-state index contributed by atoms with van der Waals surface area (Å²) < 4.78 is 10.5. The summed E-state index contributed by atoms with van der Waals surface area (Å²) >= 11 is 0. The van der Waals surface area contributed by atoms with E-state index in [-0.39, 0.29) is 17.2 Å². The molecule has 6 nitrogen and oxygen atoms in total. The highest BCUT2D eigenvalue weighted by Crippen LogP contribution is 2.15. The van der Waals surface area contributed by atoms with Crippen LogP contribution in [0.4, 0.5) is 0 Å². The van der Waals surface area contributed by atoms with Gasteiger partial charge in [-0.3, -0.25) is 9.59 Å². The van der Waals surface area contributed by atoms with Crippen LogP contribution in [-0.2, 0) is 16.0 Å². The first-order valence-corrected chi connectivity index (χ1v) is 9.47. The fraction of sp³-hybridized carbons (Fsp3) is 0.261. The Kier molecular flexibility index (Phi) is 6.12. The lowest BCUT2D eigenvalue weighted by Gasteiger charge is -2.14. The molecule has 1 heterocycles. The third-order valence-electron chi connectivity index (χ3n) is 4.68. The SMILES string of the molecule is CCc1ccc([C@@H](C)NC(=O)COC(=O)c2cc(=O)c3cc(C)ccc3o2)cc1. The molecule has 29 heavy (non-hydrogen) atoms. The van der Waals surface area contributed by atoms with Crippen LogP contribution in [0.1, 0.15) is 47.1 Å². The van der Waals surface area contributed by atoms with Crippen molar-refractivity contribution in [2.24, 2.45) is 0 Å². The third-order valence-corrected chi connectivity index (χ3v) is 4.68. The monoisotopic (exact) mass is 393 g/mol. The molecule has 0 spiro atoms. The number of rotatable bonds is 6. The molecule has 2 aromatic carbocycles. The van der Waals surface area contributed by atoms with E-state index in [1.807, 2.05) is 38.1 Å². The van der Waals surface area contributed by atoms with Gasteiger partial charge in [-0.15, -0.1) is 0 Å². The van der Waals surface area contributed by atoms with E-state index in [0.717, 1.165) is 23.6 Å². The molecule has 1 amide bonds. The normalized spacial score (nSPS) is 11.8. The Labute approximate surface area is 168 Å². The quantitative estimate of drug-likeness (QED) is 0.646. The first-order chi connectivity index (χ1) is 13.9. The van der Waals surface area contributed by atoms with Crippen molar-refractivity contribution in [3.05, 3.63) is 81.2 Å². The van der Waals surface area contributed by atoms with Gasteiger partial charge in [-0.2, -0.15) is 0 Å². The van der Waals surface area contributed by atoms with E-state index in [4.69, 9.17) is 9.15 Å². The largest absolute Gasteiger partial charge is 0.450 e. The molecule has 0 aliphatic carbocycles. The van der Waals surface area contributed by atoms with E-state index < -0.39 is 18.5 Å². The zero-order chi connectivity index (χ0) is 21.0. The number of aryl methyl sites for hydroxylation is 2. The summed E-state index contributed by atoms with van der Waals surface area (Å²) in [6, 6.07) is 13.9. The Balaban J connectivity index is 1.61. The molecule has 0 aliphatic heterocycles. The first-order valence-electron chi connectivity index (χ1n) is 9.47. The Bertz CT molecular complexity index is 1100. The minimum absolute atomic E-state index is 0.228. The van der Waals surface area contributed by atoms with Gasteiger partial charge in [0, 0.05) is 6.07 Å². The van der Waals surface area contributed by atoms with Gasteiger partial charge in [-0.05, 0) is 43.5 Å². The van der Waals surface area contributed by atoms with Crippen LogP contribution in [0.5, 0.6) is 0 Å². The average molecular weight is 393 g/mol. The number of carbonyl (C=O) groups is 2. The number of hydrogen-bond donors (Lipinski definition) is 1. The molecule has 0 fully saturated rings. The van der Waals surface area contributed by atoms with Gasteiger partial charge in [0.2, 0.25) is 5.76 Å². The molecule has 0 unspecified atom stereocenters. The lowest BCUT2D eigenvalue weighted by molar-refractivity contribution is -0.124. The summed E-state index contributed by atoms with van der Waals surface area (Å²) in [6.07, 6.45) is 0.946. The molecule has 0 saturated heterocycles. The highest BCUT2D eigenvalue weighted by Gasteiger charge is 2.17. The third kappa shape index (κ3) is 4.90. The van der Waals surface area contributed by atoms with Crippen molar-refractivity contribution in [2.45, 2.75) is 33.2 Å². The summed E-state index contributed by atoms with van der Waals surface area (Å²) in [5.41, 5.74) is 3.04. The topological polar surface area (TPSA) is 85.6 Å². The molecule has 1 atom stereocenters. The fourth-order valence-corrected chi connectivity index (χ4v) is 2.98. The molecule has 150 valence electrons. The van der Waals surface area contributed by atoms with E-state index in [1.165, 1.54) is 5.56 Å². The zero-order valence-corrected chi connectivity index (χ0v) is 16.7. The smallest absolute Gasteiger partial charge is 0.374 e. The second-order valence-corrected chi connectivity index (χ2v) is 6.93. The lowest BCUT2D eigenvalue weighted by atomic mass is 10.1. The van der Waals surface area contributed by atoms with Crippen LogP contribution in [0.2, 0.25) is 0 Å². The maximum atomic E-state index is 12.2. The molecule has 3 aromatic rings. The Morgan fingerprint density at radius 1 is 1.10 bits per heavy atom. The summed E-state index contributed by atoms with van der Waals surface area (Å²) in [5.74, 6) is -1.54. The van der Waals surface area contributed by atoms with Crippen molar-refractivity contribution >= 4 is 22.8 Å². The lowest BCUT2D eigenvalue weighted by Crippen LogP contribution is -2.31. The van der Waals surface area contributed by atoms with Gasteiger partial charge in [0.1, 0.15) is 5.58 Å². The van der Waals surface area contributed by atoms with Crippen molar-refractivity contribution < 1.29 is 18.7 Å². The van der Waals surface area contributed by atoms with Crippen molar-refractivity contribution in [2.75, 3.05) is 6.61 Å². The number of amides is 1. The second kappa shape index (κ2) is 8.73. The predicted molar refractivity (Wildman–Crippen MR) is 110 cm³/mol. The van der Waals surface area contributed by atoms with Gasteiger partial charge in [-0.25, -0.2) is 4.79 Å². The summed E-state index contributed by atoms with van der Waals surface area (Å²) in [7, 11) is 0. The highest BCUT2D eigenvalue weighted by atomic mass is 16.5. The Hall–Kier alpha value is -3.41. The van der Waals surface area contributed by atoms with Crippen molar-refractivity contribution in [3.63, 3.8) is 0 Å². The van der Waals surface area contributed by atoms with Gasteiger partial charge in [-0.1, -0.05) is 42.8 Å². The minimum atomic E-state index is -0.861. The standard InChI is InChI=1S/C23H23NO5/c1-4-16-6-8-17(9-7-16)15(3)24-22(26)13-28-23(27)21-12-19(25)18-11-14(2)5-10-20(18)29-21/h5-12,15H,4,13H2,1-3H3,(H,24,26)/t15-/m1/s1. The van der Waals surface area contributed by atoms with Gasteiger partial charge >= 0.3 is 5.97 Å². The van der Waals surface area contributed by atoms with Crippen LogP contribution in [0.3, 0.4) is 0 Å². The van der Waals surface area contributed by atoms with E-state index >= 15 is 0 Å². The van der Waals surface area contributed by atoms with E-state index in [2.05, 4.69) is 12.2 Å². The van der Waals surface area contributed by atoms with Crippen LogP contribution >= 0.6 is 0 Å². The number of hydrogen-bond acceptors (Lipinski definition) is 5. The molecule has 0 aliphatic rings. The molecule has 1 N–H and O–H groups in total. The van der Waals surface area contributed by atoms with Crippen LogP contribution < -0.4 is 10.7 Å². The van der Waals surface area contributed by atoms with Gasteiger partial charge in [0.25, 0.3) is 5.91 Å². The average Bonchev–Trinajstić information content (AvgIpc) is 2.72. The molecule has 0 saturated carbocycles. The van der Waals surface area contributed by atoms with E-state index in [1.54, 1.807) is 18.2 Å². The van der Waals surface area contributed by atoms with Gasteiger partial charge < -0.3 is 14.5 Å². The van der Waals surface area contributed by atoms with Gasteiger partial charge in [0.05, 0.1) is 11.4 Å². The maximum absolute atomic E-state index is 12.2. The van der Waals surface area contributed by atoms with Crippen LogP contribution in [-0.4, -0.2) is 18.5 Å². The number of carbonyl (C=O) groups excluding carboxylic acids is 2. The molecular formula is C23H23NO5. The van der Waals surface area contributed by atoms with Crippen LogP contribution in [0.25, 0.3) is 11.0 Å². The summed E-state index contributed by atoms with van der Waals surface area (Å²) in [4.78, 5) is 36.5. The second-order valence-electron chi connectivity index (χ2n) is 6.93. The highest BCUT2D eigenvalue weighted by molar-refractivity contribution is 5.90. The number of esters is 1. The molecule has 6 heteroatoms. The summed E-state index contributed by atoms with van der Waals surface area (Å²) in [6.45, 7) is 5.32. The van der Waals surface area contributed by atoms with Crippen LogP contribution in [0.15, 0.2) is 57.7 Å². The van der Waals surface area contributed by atoms with Crippen molar-refractivity contribution in [1.82, 2.24) is 5.32 Å². The number of benzene rings is 2. The molecular weight excluding hydrogens is 370 g/mol. The maximum Gasteiger partial charge on any atom is 0.374 e. The zero-order valence-electron chi connectivity index (χ0n) is 16.7. The molecule has 3 rings (SSSR count). The number of ether oxygens (including phenoxy) is 1. The van der Waals surface area contributed by atoms with Crippen molar-refractivity contribution in [1.29, 1.82) is 0 Å². The predicted octanol–water partition coefficient (Wildman–Crippen LogP) is 3.70. The van der Waals surface area contributed by atoms with E-state index in [0.29, 0.717) is 11.0 Å². The Morgan fingerprint density at radius 2 is 1.83 bits per heavy atom.